The molecule has 0 aliphatic rings. The predicted molar refractivity (Wildman–Crippen MR) is 237 cm³/mol. The predicted octanol–water partition coefficient (Wildman–Crippen LogP) is 10.9. The van der Waals surface area contributed by atoms with Gasteiger partial charge in [-0.2, -0.15) is 0 Å². The maximum absolute atomic E-state index is 5.24. The number of para-hydroxylation sites is 4. The molecular weight excluding hydrogens is 741 g/mol. The molecule has 7 aromatic heterocycles. The van der Waals surface area contributed by atoms with Crippen molar-refractivity contribution in [1.82, 2.24) is 48.3 Å². The van der Waals surface area contributed by atoms with E-state index in [2.05, 4.69) is 91.6 Å². The lowest BCUT2D eigenvalue weighted by atomic mass is 10.0. The fourth-order valence-electron chi connectivity index (χ4n) is 9.07. The molecule has 0 unspecified atom stereocenters. The van der Waals surface area contributed by atoms with E-state index in [1.807, 2.05) is 106 Å². The van der Waals surface area contributed by atoms with E-state index in [1.54, 1.807) is 12.4 Å². The topological polar surface area (TPSA) is 96.0 Å². The van der Waals surface area contributed by atoms with Gasteiger partial charge < -0.3 is 8.80 Å². The second-order valence-electron chi connectivity index (χ2n) is 14.9. The van der Waals surface area contributed by atoms with Crippen LogP contribution in [0.25, 0.3) is 112 Å². The molecular formula is C50H30N10. The minimum atomic E-state index is 0.626. The van der Waals surface area contributed by atoms with Crippen molar-refractivity contribution in [3.63, 3.8) is 0 Å². The largest absolute Gasteiger partial charge is 0.305 e. The van der Waals surface area contributed by atoms with Crippen molar-refractivity contribution < 1.29 is 0 Å². The van der Waals surface area contributed by atoms with Gasteiger partial charge in [-0.25, -0.2) is 19.3 Å². The van der Waals surface area contributed by atoms with Gasteiger partial charge in [0.15, 0.2) is 23.3 Å². The summed E-state index contributed by atoms with van der Waals surface area (Å²) < 4.78 is 8.62. The summed E-state index contributed by atoms with van der Waals surface area (Å²) in [5.41, 5.74) is 11.7. The summed E-state index contributed by atoms with van der Waals surface area (Å²) >= 11 is 0. The van der Waals surface area contributed by atoms with E-state index < -0.39 is 0 Å². The Bertz CT molecular complexity index is 3390. The van der Waals surface area contributed by atoms with Gasteiger partial charge in [0.05, 0.1) is 44.5 Å². The van der Waals surface area contributed by atoms with Gasteiger partial charge in [0, 0.05) is 45.1 Å². The van der Waals surface area contributed by atoms with Gasteiger partial charge in [0.25, 0.3) is 0 Å². The number of pyridine rings is 2. The van der Waals surface area contributed by atoms with E-state index in [-0.39, 0.29) is 0 Å². The van der Waals surface area contributed by atoms with E-state index in [1.165, 1.54) is 0 Å². The van der Waals surface area contributed by atoms with Gasteiger partial charge in [-0.05, 0) is 84.9 Å². The van der Waals surface area contributed by atoms with Gasteiger partial charge in [-0.3, -0.25) is 9.97 Å². The lowest BCUT2D eigenvalue weighted by Gasteiger charge is -2.13. The average molecular weight is 771 g/mol. The van der Waals surface area contributed by atoms with Gasteiger partial charge in [0.1, 0.15) is 11.4 Å². The van der Waals surface area contributed by atoms with Crippen LogP contribution >= 0.6 is 0 Å². The molecule has 60 heavy (non-hydrogen) atoms. The first kappa shape index (κ1) is 32.6. The number of hydrogen-bond donors (Lipinski definition) is 0. The third-order valence-corrected chi connectivity index (χ3v) is 11.6. The van der Waals surface area contributed by atoms with Crippen molar-refractivity contribution in [2.45, 2.75) is 0 Å². The Morgan fingerprint density at radius 3 is 1.20 bits per heavy atom. The number of fused-ring (bicyclic) bond motifs is 8. The van der Waals surface area contributed by atoms with Crippen molar-refractivity contribution in [3.05, 3.63) is 182 Å². The van der Waals surface area contributed by atoms with Crippen LogP contribution in [0.3, 0.4) is 0 Å². The molecule has 0 radical (unpaired) electrons. The van der Waals surface area contributed by atoms with Crippen molar-refractivity contribution in [2.75, 3.05) is 0 Å². The van der Waals surface area contributed by atoms with E-state index in [9.17, 15) is 0 Å². The minimum Gasteiger partial charge on any atom is -0.305 e. The zero-order chi connectivity index (χ0) is 39.3. The highest BCUT2D eigenvalue weighted by Crippen LogP contribution is 2.46. The molecule has 0 saturated heterocycles. The molecule has 13 aromatic rings. The van der Waals surface area contributed by atoms with Crippen LogP contribution in [0.15, 0.2) is 182 Å². The van der Waals surface area contributed by atoms with Crippen molar-refractivity contribution in [1.29, 1.82) is 0 Å². The van der Waals surface area contributed by atoms with E-state index in [0.29, 0.717) is 23.3 Å². The highest BCUT2D eigenvalue weighted by atomic mass is 15.4. The molecule has 0 aliphatic carbocycles. The summed E-state index contributed by atoms with van der Waals surface area (Å²) in [4.78, 5) is 19.9. The molecule has 0 atom stereocenters. The van der Waals surface area contributed by atoms with Gasteiger partial charge >= 0.3 is 0 Å². The second-order valence-corrected chi connectivity index (χ2v) is 14.9. The second kappa shape index (κ2) is 12.5. The molecule has 0 saturated carbocycles. The standard InChI is InChI=1S/C50H30N10/c1-3-15-31(16-4-1)59-49(37-21-11-13-29-51-37)53-47(55-59)35-25-27-41-45-43(35)33-19-7-9-23-39(33)57(45)42-28-26-36(44-34-20-8-10-24-40(34)58(41)46(42)44)48-54-50(38-22-12-14-30-52-38)60(56-48)32-17-5-2-6-18-32/h1-30H. The third kappa shape index (κ3) is 4.58. The van der Waals surface area contributed by atoms with Crippen molar-refractivity contribution in [3.8, 4) is 57.2 Å². The Labute approximate surface area is 341 Å². The average Bonchev–Trinajstić information content (AvgIpc) is 4.12. The van der Waals surface area contributed by atoms with Gasteiger partial charge in [-0.1, -0.05) is 84.9 Å². The Balaban J connectivity index is 1.12. The molecule has 0 fully saturated rings. The molecule has 0 spiro atoms. The molecule has 13 rings (SSSR count). The number of rotatable bonds is 6. The highest BCUT2D eigenvalue weighted by molar-refractivity contribution is 6.26. The number of benzene rings is 6. The monoisotopic (exact) mass is 770 g/mol. The van der Waals surface area contributed by atoms with Crippen LogP contribution in [0.5, 0.6) is 0 Å². The first-order valence-corrected chi connectivity index (χ1v) is 19.8. The number of aromatic nitrogens is 10. The fourth-order valence-corrected chi connectivity index (χ4v) is 9.07. The molecule has 0 aliphatic heterocycles. The molecule has 0 N–H and O–H groups in total. The summed E-state index contributed by atoms with van der Waals surface area (Å²) in [5, 5.41) is 14.9. The van der Waals surface area contributed by atoms with Crippen molar-refractivity contribution in [2.24, 2.45) is 0 Å². The van der Waals surface area contributed by atoms with Crippen LogP contribution in [-0.2, 0) is 0 Å². The zero-order valence-electron chi connectivity index (χ0n) is 31.8. The lowest BCUT2D eigenvalue weighted by molar-refractivity contribution is 0.886. The zero-order valence-corrected chi connectivity index (χ0v) is 31.8. The summed E-state index contributed by atoms with van der Waals surface area (Å²) in [5.74, 6) is 2.61. The van der Waals surface area contributed by atoms with Crippen LogP contribution in [0.2, 0.25) is 0 Å². The van der Waals surface area contributed by atoms with Crippen molar-refractivity contribution >= 4 is 54.6 Å². The van der Waals surface area contributed by atoms with Crippen LogP contribution < -0.4 is 0 Å². The normalized spacial score (nSPS) is 12.0. The van der Waals surface area contributed by atoms with Crippen LogP contribution in [-0.4, -0.2) is 48.3 Å². The minimum absolute atomic E-state index is 0.626. The Kier molecular flexibility index (Phi) is 6.78. The van der Waals surface area contributed by atoms with Crippen LogP contribution in [0.1, 0.15) is 0 Å². The van der Waals surface area contributed by atoms with Gasteiger partial charge in [0.2, 0.25) is 0 Å². The number of nitrogens with zero attached hydrogens (tertiary/aromatic N) is 10. The molecule has 10 heteroatoms. The third-order valence-electron chi connectivity index (χ3n) is 11.6. The smallest absolute Gasteiger partial charge is 0.182 e. The fraction of sp³-hybridized carbons (Fsp3) is 0. The molecule has 7 heterocycles. The first-order chi connectivity index (χ1) is 29.8. The number of hydrogen-bond acceptors (Lipinski definition) is 6. The molecule has 280 valence electrons. The van der Waals surface area contributed by atoms with Crippen LogP contribution in [0, 0.1) is 0 Å². The Hall–Kier alpha value is -8.50. The Morgan fingerprint density at radius 1 is 0.350 bits per heavy atom. The molecule has 0 amide bonds. The first-order valence-electron chi connectivity index (χ1n) is 19.8. The SMILES string of the molecule is c1ccc(-n2nc(-c3ccc4c5c3c3ccccc3n5c3ccc(-c5nc(-c6ccccn6)n(-c6ccccc6)n5)c5c6ccccc6n4c53)nc2-c2ccccn2)cc1. The highest BCUT2D eigenvalue weighted by Gasteiger charge is 2.27. The lowest BCUT2D eigenvalue weighted by Crippen LogP contribution is -2.00. The quantitative estimate of drug-likeness (QED) is 0.156. The van der Waals surface area contributed by atoms with E-state index in [4.69, 9.17) is 20.2 Å². The van der Waals surface area contributed by atoms with Gasteiger partial charge in [-0.15, -0.1) is 10.2 Å². The Morgan fingerprint density at radius 2 is 0.767 bits per heavy atom. The van der Waals surface area contributed by atoms with E-state index in [0.717, 1.165) is 88.5 Å². The maximum Gasteiger partial charge on any atom is 0.182 e. The summed E-state index contributed by atoms with van der Waals surface area (Å²) in [6, 6.07) is 58.1. The van der Waals surface area contributed by atoms with Crippen LogP contribution in [0.4, 0.5) is 0 Å². The summed E-state index contributed by atoms with van der Waals surface area (Å²) in [7, 11) is 0. The maximum atomic E-state index is 5.24. The molecule has 0 bridgehead atoms. The summed E-state index contributed by atoms with van der Waals surface area (Å²) in [6.07, 6.45) is 3.59. The van der Waals surface area contributed by atoms with E-state index >= 15 is 0 Å². The molecule has 6 aromatic carbocycles. The summed E-state index contributed by atoms with van der Waals surface area (Å²) in [6.45, 7) is 0. The molecule has 10 nitrogen and oxygen atoms in total.